The molecule has 0 saturated heterocycles. The molecule has 1 aliphatic heterocycles. The lowest BCUT2D eigenvalue weighted by Crippen LogP contribution is -2.24. The Kier molecular flexibility index (Phi) is 3.85. The molecule has 0 spiro atoms. The van der Waals surface area contributed by atoms with Crippen LogP contribution in [0.5, 0.6) is 11.5 Å². The maximum Gasteiger partial charge on any atom is 0.268 e. The van der Waals surface area contributed by atoms with Crippen molar-refractivity contribution in [3.8, 4) is 22.6 Å². The first-order valence-corrected chi connectivity index (χ1v) is 7.94. The molecule has 0 atom stereocenters. The predicted octanol–water partition coefficient (Wildman–Crippen LogP) is 2.75. The third-order valence-electron chi connectivity index (χ3n) is 4.14. The molecule has 2 aromatic heterocycles. The van der Waals surface area contributed by atoms with Crippen molar-refractivity contribution in [3.05, 3.63) is 66.2 Å². The molecule has 0 saturated carbocycles. The fraction of sp³-hybridized carbons (Fsp3) is 0.158. The minimum atomic E-state index is -0.125. The molecule has 0 bridgehead atoms. The van der Waals surface area contributed by atoms with Crippen molar-refractivity contribution in [2.75, 3.05) is 6.79 Å². The van der Waals surface area contributed by atoms with Crippen molar-refractivity contribution in [2.45, 2.75) is 6.54 Å². The summed E-state index contributed by atoms with van der Waals surface area (Å²) in [6, 6.07) is 11.4. The van der Waals surface area contributed by atoms with Gasteiger partial charge in [-0.05, 0) is 41.5 Å². The molecule has 25 heavy (non-hydrogen) atoms. The minimum Gasteiger partial charge on any atom is -0.454 e. The van der Waals surface area contributed by atoms with E-state index in [-0.39, 0.29) is 12.7 Å². The van der Waals surface area contributed by atoms with E-state index in [0.29, 0.717) is 18.0 Å². The Hall–Kier alpha value is -3.28. The van der Waals surface area contributed by atoms with Gasteiger partial charge >= 0.3 is 0 Å². The molecule has 0 fully saturated rings. The van der Waals surface area contributed by atoms with E-state index in [0.717, 1.165) is 22.4 Å². The molecule has 0 radical (unpaired) electrons. The van der Waals surface area contributed by atoms with Gasteiger partial charge in [-0.15, -0.1) is 0 Å². The summed E-state index contributed by atoms with van der Waals surface area (Å²) in [5.74, 6) is 1.32. The van der Waals surface area contributed by atoms with Crippen molar-refractivity contribution < 1.29 is 14.3 Å². The second kappa shape index (κ2) is 6.32. The van der Waals surface area contributed by atoms with Crippen molar-refractivity contribution in [3.63, 3.8) is 0 Å². The molecule has 1 aromatic carbocycles. The molecule has 6 heteroatoms. The lowest BCUT2D eigenvalue weighted by Gasteiger charge is -2.07. The monoisotopic (exact) mass is 335 g/mol. The SMILES string of the molecule is Cn1cc(-c2ccncc2)cc1C(=O)NCc1ccc2c(c1)OCO2. The summed E-state index contributed by atoms with van der Waals surface area (Å²) in [7, 11) is 1.86. The maximum atomic E-state index is 12.5. The first kappa shape index (κ1) is 15.3. The van der Waals surface area contributed by atoms with Crippen LogP contribution in [0.3, 0.4) is 0 Å². The van der Waals surface area contributed by atoms with E-state index < -0.39 is 0 Å². The van der Waals surface area contributed by atoms with Crippen LogP contribution in [0.2, 0.25) is 0 Å². The molecule has 0 aliphatic carbocycles. The Balaban J connectivity index is 1.47. The maximum absolute atomic E-state index is 12.5. The van der Waals surface area contributed by atoms with E-state index in [9.17, 15) is 4.79 Å². The second-order valence-electron chi connectivity index (χ2n) is 5.83. The molecule has 0 unspecified atom stereocenters. The van der Waals surface area contributed by atoms with Crippen LogP contribution in [0.4, 0.5) is 0 Å². The van der Waals surface area contributed by atoms with Crippen molar-refractivity contribution in [2.24, 2.45) is 7.05 Å². The summed E-state index contributed by atoms with van der Waals surface area (Å²) >= 11 is 0. The summed E-state index contributed by atoms with van der Waals surface area (Å²) in [6.45, 7) is 0.664. The highest BCUT2D eigenvalue weighted by Crippen LogP contribution is 2.32. The van der Waals surface area contributed by atoms with Crippen LogP contribution in [0.1, 0.15) is 16.1 Å². The summed E-state index contributed by atoms with van der Waals surface area (Å²) in [6.07, 6.45) is 5.41. The molecule has 1 N–H and O–H groups in total. The first-order valence-electron chi connectivity index (χ1n) is 7.94. The number of pyridine rings is 1. The number of amides is 1. The molecule has 126 valence electrons. The Labute approximate surface area is 145 Å². The van der Waals surface area contributed by atoms with Gasteiger partial charge in [0.25, 0.3) is 5.91 Å². The molecular formula is C19H17N3O3. The van der Waals surface area contributed by atoms with Gasteiger partial charge in [0.2, 0.25) is 6.79 Å². The van der Waals surface area contributed by atoms with Crippen molar-refractivity contribution >= 4 is 5.91 Å². The molecule has 4 rings (SSSR count). The highest BCUT2D eigenvalue weighted by Gasteiger charge is 2.15. The third-order valence-corrected chi connectivity index (χ3v) is 4.14. The van der Waals surface area contributed by atoms with Crippen LogP contribution in [-0.2, 0) is 13.6 Å². The standard InChI is InChI=1S/C19H17N3O3/c1-22-11-15(14-4-6-20-7-5-14)9-16(22)19(23)21-10-13-2-3-17-18(8-13)25-12-24-17/h2-9,11H,10,12H2,1H3,(H,21,23). The second-order valence-corrected chi connectivity index (χ2v) is 5.83. The predicted molar refractivity (Wildman–Crippen MR) is 92.4 cm³/mol. The van der Waals surface area contributed by atoms with Gasteiger partial charge in [0.05, 0.1) is 0 Å². The summed E-state index contributed by atoms with van der Waals surface area (Å²) in [5.41, 5.74) is 3.58. The Morgan fingerprint density at radius 1 is 1.12 bits per heavy atom. The van der Waals surface area contributed by atoms with E-state index >= 15 is 0 Å². The van der Waals surface area contributed by atoms with Crippen LogP contribution in [-0.4, -0.2) is 22.3 Å². The van der Waals surface area contributed by atoms with Gasteiger partial charge in [0, 0.05) is 37.7 Å². The zero-order valence-corrected chi connectivity index (χ0v) is 13.7. The summed E-state index contributed by atoms with van der Waals surface area (Å²) in [5, 5.41) is 2.94. The zero-order chi connectivity index (χ0) is 17.2. The van der Waals surface area contributed by atoms with Crippen LogP contribution in [0.15, 0.2) is 55.0 Å². The molecule has 6 nitrogen and oxygen atoms in total. The number of benzene rings is 1. The highest BCUT2D eigenvalue weighted by molar-refractivity contribution is 5.94. The Morgan fingerprint density at radius 2 is 1.92 bits per heavy atom. The number of carbonyl (C=O) groups is 1. The van der Waals surface area contributed by atoms with E-state index in [1.165, 1.54) is 0 Å². The lowest BCUT2D eigenvalue weighted by molar-refractivity contribution is 0.0942. The first-order chi connectivity index (χ1) is 12.2. The molecule has 1 amide bonds. The molecule has 1 aliphatic rings. The van der Waals surface area contributed by atoms with Gasteiger partial charge in [0.15, 0.2) is 11.5 Å². The Bertz CT molecular complexity index is 919. The smallest absolute Gasteiger partial charge is 0.268 e. The topological polar surface area (TPSA) is 65.4 Å². The average molecular weight is 335 g/mol. The average Bonchev–Trinajstić information content (AvgIpc) is 3.26. The highest BCUT2D eigenvalue weighted by atomic mass is 16.7. The largest absolute Gasteiger partial charge is 0.454 e. The van der Waals surface area contributed by atoms with Gasteiger partial charge < -0.3 is 19.4 Å². The number of rotatable bonds is 4. The number of nitrogens with zero attached hydrogens (tertiary/aromatic N) is 2. The number of fused-ring (bicyclic) bond motifs is 1. The van der Waals surface area contributed by atoms with Gasteiger partial charge in [-0.1, -0.05) is 6.07 Å². The summed E-state index contributed by atoms with van der Waals surface area (Å²) < 4.78 is 12.5. The van der Waals surface area contributed by atoms with Gasteiger partial charge in [-0.3, -0.25) is 9.78 Å². The number of aryl methyl sites for hydroxylation is 1. The number of hydrogen-bond acceptors (Lipinski definition) is 4. The molecule has 3 aromatic rings. The summed E-state index contributed by atoms with van der Waals surface area (Å²) in [4.78, 5) is 16.5. The number of ether oxygens (including phenoxy) is 2. The fourth-order valence-electron chi connectivity index (χ4n) is 2.82. The van der Waals surface area contributed by atoms with E-state index in [2.05, 4.69) is 10.3 Å². The van der Waals surface area contributed by atoms with E-state index in [1.807, 2.05) is 54.2 Å². The van der Waals surface area contributed by atoms with Crippen molar-refractivity contribution in [1.29, 1.82) is 0 Å². The molecular weight excluding hydrogens is 318 g/mol. The van der Waals surface area contributed by atoms with E-state index in [4.69, 9.17) is 9.47 Å². The van der Waals surface area contributed by atoms with Crippen molar-refractivity contribution in [1.82, 2.24) is 14.9 Å². The minimum absolute atomic E-state index is 0.125. The quantitative estimate of drug-likeness (QED) is 0.796. The number of carbonyl (C=O) groups excluding carboxylic acids is 1. The number of hydrogen-bond donors (Lipinski definition) is 1. The fourth-order valence-corrected chi connectivity index (χ4v) is 2.82. The zero-order valence-electron chi connectivity index (χ0n) is 13.7. The molecule has 3 heterocycles. The van der Waals surface area contributed by atoms with Crippen LogP contribution in [0, 0.1) is 0 Å². The van der Waals surface area contributed by atoms with E-state index in [1.54, 1.807) is 12.4 Å². The Morgan fingerprint density at radius 3 is 2.76 bits per heavy atom. The lowest BCUT2D eigenvalue weighted by atomic mass is 10.1. The van der Waals surface area contributed by atoms with Gasteiger partial charge in [-0.25, -0.2) is 0 Å². The van der Waals surface area contributed by atoms with Crippen LogP contribution in [0.25, 0.3) is 11.1 Å². The van der Waals surface area contributed by atoms with Crippen LogP contribution < -0.4 is 14.8 Å². The number of nitrogens with one attached hydrogen (secondary N) is 1. The number of aromatic nitrogens is 2. The third kappa shape index (κ3) is 3.06. The van der Waals surface area contributed by atoms with Crippen LogP contribution >= 0.6 is 0 Å². The van der Waals surface area contributed by atoms with Gasteiger partial charge in [0.1, 0.15) is 5.69 Å². The normalized spacial score (nSPS) is 12.2. The van der Waals surface area contributed by atoms with Gasteiger partial charge in [-0.2, -0.15) is 0 Å².